The van der Waals surface area contributed by atoms with Gasteiger partial charge in [-0.15, -0.1) is 0 Å². The third-order valence-corrected chi connectivity index (χ3v) is 4.62. The van der Waals surface area contributed by atoms with Crippen molar-refractivity contribution < 1.29 is 13.2 Å². The van der Waals surface area contributed by atoms with E-state index in [1.807, 2.05) is 13.8 Å². The summed E-state index contributed by atoms with van der Waals surface area (Å²) in [5.41, 5.74) is 0.714. The third kappa shape index (κ3) is 5.02. The van der Waals surface area contributed by atoms with Crippen molar-refractivity contribution in [2.45, 2.75) is 25.7 Å². The minimum Gasteiger partial charge on any atom is -0.376 e. The summed E-state index contributed by atoms with van der Waals surface area (Å²) in [5.74, 6) is 0.0179. The topological polar surface area (TPSA) is 78.5 Å². The second-order valence-electron chi connectivity index (χ2n) is 4.45. The Balaban J connectivity index is 2.66. The predicted octanol–water partition coefficient (Wildman–Crippen LogP) is 1.27. The number of nitrogens with zero attached hydrogens (tertiary/aromatic N) is 1. The van der Waals surface area contributed by atoms with E-state index in [4.69, 9.17) is 0 Å². The van der Waals surface area contributed by atoms with Crippen LogP contribution in [0.2, 0.25) is 0 Å². The van der Waals surface area contributed by atoms with Crippen molar-refractivity contribution in [1.82, 2.24) is 9.62 Å². The lowest BCUT2D eigenvalue weighted by molar-refractivity contribution is -0.128. The molecule has 1 amide bonds. The van der Waals surface area contributed by atoms with Gasteiger partial charge in [-0.25, -0.2) is 13.1 Å². The molecule has 0 bridgehead atoms. The van der Waals surface area contributed by atoms with E-state index < -0.39 is 10.0 Å². The first-order valence-electron chi connectivity index (χ1n) is 7.06. The van der Waals surface area contributed by atoms with Gasteiger partial charge in [0.2, 0.25) is 15.9 Å². The summed E-state index contributed by atoms with van der Waals surface area (Å²) in [6.07, 6.45) is 0. The van der Waals surface area contributed by atoms with Gasteiger partial charge in [-0.05, 0) is 38.1 Å². The molecule has 1 aromatic carbocycles. The van der Waals surface area contributed by atoms with E-state index in [0.717, 1.165) is 0 Å². The maximum atomic E-state index is 11.8. The number of likely N-dealkylation sites (N-methyl/N-ethyl adjacent to an activating group) is 1. The monoisotopic (exact) mass is 313 g/mol. The number of anilines is 1. The van der Waals surface area contributed by atoms with Gasteiger partial charge in [0, 0.05) is 25.3 Å². The number of hydrogen-bond donors (Lipinski definition) is 2. The molecular formula is C14H23N3O3S. The molecule has 2 N–H and O–H groups in total. The highest BCUT2D eigenvalue weighted by Gasteiger charge is 2.12. The Kier molecular flexibility index (Phi) is 6.64. The highest BCUT2D eigenvalue weighted by atomic mass is 32.2. The van der Waals surface area contributed by atoms with Gasteiger partial charge in [-0.1, -0.05) is 6.92 Å². The summed E-state index contributed by atoms with van der Waals surface area (Å²) in [5, 5.41) is 3.00. The second kappa shape index (κ2) is 7.99. The van der Waals surface area contributed by atoms with E-state index in [1.165, 1.54) is 12.1 Å². The SMILES string of the molecule is CCNS(=O)(=O)c1ccc(NCC(=O)N(CC)CC)cc1. The van der Waals surface area contributed by atoms with Crippen LogP contribution >= 0.6 is 0 Å². The Hall–Kier alpha value is -1.60. The summed E-state index contributed by atoms with van der Waals surface area (Å²) in [7, 11) is -3.43. The highest BCUT2D eigenvalue weighted by molar-refractivity contribution is 7.89. The van der Waals surface area contributed by atoms with Gasteiger partial charge in [0.1, 0.15) is 0 Å². The molecule has 0 heterocycles. The van der Waals surface area contributed by atoms with Crippen LogP contribution in [0.15, 0.2) is 29.2 Å². The number of carbonyl (C=O) groups is 1. The third-order valence-electron chi connectivity index (χ3n) is 3.06. The standard InChI is InChI=1S/C14H23N3O3S/c1-4-16-21(19,20)13-9-7-12(8-10-13)15-11-14(18)17(5-2)6-3/h7-10,15-16H,4-6,11H2,1-3H3. The molecule has 0 saturated carbocycles. The molecule has 1 rings (SSSR count). The van der Waals surface area contributed by atoms with Crippen molar-refractivity contribution in [3.63, 3.8) is 0 Å². The van der Waals surface area contributed by atoms with E-state index in [9.17, 15) is 13.2 Å². The molecule has 6 nitrogen and oxygen atoms in total. The molecule has 1 aromatic rings. The van der Waals surface area contributed by atoms with E-state index in [2.05, 4.69) is 10.0 Å². The zero-order chi connectivity index (χ0) is 15.9. The van der Waals surface area contributed by atoms with Crippen molar-refractivity contribution in [2.75, 3.05) is 31.5 Å². The lowest BCUT2D eigenvalue weighted by atomic mass is 10.3. The van der Waals surface area contributed by atoms with E-state index in [0.29, 0.717) is 25.3 Å². The summed E-state index contributed by atoms with van der Waals surface area (Å²) < 4.78 is 26.0. The van der Waals surface area contributed by atoms with Crippen LogP contribution in [-0.2, 0) is 14.8 Å². The Labute approximate surface area is 126 Å². The molecule has 21 heavy (non-hydrogen) atoms. The maximum Gasteiger partial charge on any atom is 0.241 e. The molecule has 0 unspecified atom stereocenters. The molecule has 118 valence electrons. The van der Waals surface area contributed by atoms with Crippen molar-refractivity contribution in [2.24, 2.45) is 0 Å². The molecule has 0 spiro atoms. The van der Waals surface area contributed by atoms with E-state index >= 15 is 0 Å². The number of nitrogens with one attached hydrogen (secondary N) is 2. The van der Waals surface area contributed by atoms with Gasteiger partial charge in [0.15, 0.2) is 0 Å². The summed E-state index contributed by atoms with van der Waals surface area (Å²) in [6.45, 7) is 7.49. The number of rotatable bonds is 8. The zero-order valence-corrected chi connectivity index (χ0v) is 13.5. The number of carbonyl (C=O) groups excluding carboxylic acids is 1. The Morgan fingerprint density at radius 3 is 2.14 bits per heavy atom. The lowest BCUT2D eigenvalue weighted by Crippen LogP contribution is -2.35. The van der Waals surface area contributed by atoms with Crippen LogP contribution in [0.3, 0.4) is 0 Å². The number of hydrogen-bond acceptors (Lipinski definition) is 4. The van der Waals surface area contributed by atoms with Crippen molar-refractivity contribution in [3.8, 4) is 0 Å². The fourth-order valence-electron chi connectivity index (χ4n) is 1.89. The van der Waals surface area contributed by atoms with E-state index in [1.54, 1.807) is 24.0 Å². The first-order chi connectivity index (χ1) is 9.94. The first-order valence-corrected chi connectivity index (χ1v) is 8.54. The molecule has 0 aliphatic carbocycles. The fourth-order valence-corrected chi connectivity index (χ4v) is 2.93. The van der Waals surface area contributed by atoms with Crippen molar-refractivity contribution >= 4 is 21.6 Å². The molecule has 7 heteroatoms. The summed E-state index contributed by atoms with van der Waals surface area (Å²) >= 11 is 0. The van der Waals surface area contributed by atoms with Crippen LogP contribution in [-0.4, -0.2) is 45.4 Å². The molecule has 0 aromatic heterocycles. The van der Waals surface area contributed by atoms with Gasteiger partial charge in [-0.3, -0.25) is 4.79 Å². The Morgan fingerprint density at radius 1 is 1.10 bits per heavy atom. The minimum atomic E-state index is -3.43. The number of benzene rings is 1. The van der Waals surface area contributed by atoms with Crippen LogP contribution in [0.4, 0.5) is 5.69 Å². The molecule has 0 atom stereocenters. The van der Waals surface area contributed by atoms with Crippen LogP contribution in [0.25, 0.3) is 0 Å². The summed E-state index contributed by atoms with van der Waals surface area (Å²) in [4.78, 5) is 13.8. The summed E-state index contributed by atoms with van der Waals surface area (Å²) in [6, 6.07) is 6.34. The van der Waals surface area contributed by atoms with Gasteiger partial charge in [-0.2, -0.15) is 0 Å². The lowest BCUT2D eigenvalue weighted by Gasteiger charge is -2.19. The predicted molar refractivity (Wildman–Crippen MR) is 83.7 cm³/mol. The Morgan fingerprint density at radius 2 is 1.67 bits per heavy atom. The van der Waals surface area contributed by atoms with Crippen LogP contribution < -0.4 is 10.0 Å². The van der Waals surface area contributed by atoms with Crippen LogP contribution in [0.1, 0.15) is 20.8 Å². The molecular weight excluding hydrogens is 290 g/mol. The highest BCUT2D eigenvalue weighted by Crippen LogP contribution is 2.13. The van der Waals surface area contributed by atoms with Crippen molar-refractivity contribution in [3.05, 3.63) is 24.3 Å². The largest absolute Gasteiger partial charge is 0.376 e. The van der Waals surface area contributed by atoms with E-state index in [-0.39, 0.29) is 17.3 Å². The molecule has 0 aliphatic rings. The Bertz CT molecular complexity index is 551. The quantitative estimate of drug-likeness (QED) is 0.757. The average Bonchev–Trinajstić information content (AvgIpc) is 2.47. The average molecular weight is 313 g/mol. The second-order valence-corrected chi connectivity index (χ2v) is 6.21. The molecule has 0 fully saturated rings. The zero-order valence-electron chi connectivity index (χ0n) is 12.7. The van der Waals surface area contributed by atoms with Crippen molar-refractivity contribution in [1.29, 1.82) is 0 Å². The fraction of sp³-hybridized carbons (Fsp3) is 0.500. The molecule has 0 saturated heterocycles. The normalized spacial score (nSPS) is 11.2. The number of amides is 1. The molecule has 0 radical (unpaired) electrons. The van der Waals surface area contributed by atoms with Crippen LogP contribution in [0.5, 0.6) is 0 Å². The first kappa shape index (κ1) is 17.5. The number of sulfonamides is 1. The maximum absolute atomic E-state index is 11.8. The van der Waals surface area contributed by atoms with Gasteiger partial charge >= 0.3 is 0 Å². The van der Waals surface area contributed by atoms with Gasteiger partial charge in [0.25, 0.3) is 0 Å². The molecule has 0 aliphatic heterocycles. The smallest absolute Gasteiger partial charge is 0.241 e. The van der Waals surface area contributed by atoms with Gasteiger partial charge < -0.3 is 10.2 Å². The minimum absolute atomic E-state index is 0.0179. The van der Waals surface area contributed by atoms with Crippen LogP contribution in [0, 0.1) is 0 Å². The van der Waals surface area contributed by atoms with Gasteiger partial charge in [0.05, 0.1) is 11.4 Å².